The van der Waals surface area contributed by atoms with Gasteiger partial charge in [0.25, 0.3) is 0 Å². The summed E-state index contributed by atoms with van der Waals surface area (Å²) >= 11 is 0. The molecule has 0 aromatic rings. The van der Waals surface area contributed by atoms with Crippen molar-refractivity contribution in [1.82, 2.24) is 0 Å². The van der Waals surface area contributed by atoms with E-state index >= 15 is 0 Å². The van der Waals surface area contributed by atoms with Crippen LogP contribution in [0.2, 0.25) is 0 Å². The summed E-state index contributed by atoms with van der Waals surface area (Å²) in [6, 6.07) is 0. The van der Waals surface area contributed by atoms with Crippen LogP contribution in [0.4, 0.5) is 0 Å². The number of hydrogen-bond acceptors (Lipinski definition) is 8. The highest BCUT2D eigenvalue weighted by molar-refractivity contribution is 7.47. The molecule has 0 aromatic heterocycles. The van der Waals surface area contributed by atoms with E-state index in [-0.39, 0.29) is 38.6 Å². The SMILES string of the molecule is CC/C=C\C/C=C\C/C=C\C/C=C\C/C=C\C/C=C\C/C=C\C/C=C\CCCCCCCCCCCCCCC(=O)OC(COC(=O)CCCCCCCCCCCCCCCCCCCCCCCCCCCC)COP(=O)(O)OCCN. The first-order valence-electron chi connectivity index (χ1n) is 35.2. The molecule has 0 saturated heterocycles. The average molecular weight is 1190 g/mol. The van der Waals surface area contributed by atoms with Gasteiger partial charge < -0.3 is 20.1 Å². The van der Waals surface area contributed by atoms with Crippen molar-refractivity contribution in [3.63, 3.8) is 0 Å². The van der Waals surface area contributed by atoms with Gasteiger partial charge in [-0.25, -0.2) is 4.57 Å². The van der Waals surface area contributed by atoms with Gasteiger partial charge in [-0.1, -0.05) is 336 Å². The van der Waals surface area contributed by atoms with Crippen LogP contribution < -0.4 is 5.73 Å². The first-order chi connectivity index (χ1) is 41.3. The van der Waals surface area contributed by atoms with E-state index in [4.69, 9.17) is 24.3 Å². The normalized spacial score (nSPS) is 13.5. The summed E-state index contributed by atoms with van der Waals surface area (Å²) in [7, 11) is -4.40. The highest BCUT2D eigenvalue weighted by Gasteiger charge is 2.26. The molecule has 0 heterocycles. The molecular formula is C74H132NO8P. The molecule has 0 aliphatic rings. The van der Waals surface area contributed by atoms with E-state index in [9.17, 15) is 19.0 Å². The molecule has 486 valence electrons. The maximum Gasteiger partial charge on any atom is 0.472 e. The molecule has 0 spiro atoms. The zero-order valence-electron chi connectivity index (χ0n) is 54.6. The van der Waals surface area contributed by atoms with Crippen molar-refractivity contribution in [2.24, 2.45) is 5.73 Å². The second-order valence-electron chi connectivity index (χ2n) is 23.4. The van der Waals surface area contributed by atoms with E-state index in [1.54, 1.807) is 0 Å². The molecule has 84 heavy (non-hydrogen) atoms. The van der Waals surface area contributed by atoms with E-state index < -0.39 is 26.5 Å². The second kappa shape index (κ2) is 69.0. The maximum absolute atomic E-state index is 12.8. The number of allylic oxidation sites excluding steroid dienone is 16. The lowest BCUT2D eigenvalue weighted by Gasteiger charge is -2.19. The van der Waals surface area contributed by atoms with Crippen LogP contribution in [0.15, 0.2) is 97.2 Å². The number of rotatable bonds is 66. The summed E-state index contributed by atoms with van der Waals surface area (Å²) in [6.45, 7) is 3.67. The molecule has 0 aliphatic heterocycles. The molecule has 0 amide bonds. The van der Waals surface area contributed by atoms with Crippen LogP contribution in [0.5, 0.6) is 0 Å². The van der Waals surface area contributed by atoms with Crippen LogP contribution >= 0.6 is 7.82 Å². The van der Waals surface area contributed by atoms with Gasteiger partial charge in [0.2, 0.25) is 0 Å². The monoisotopic (exact) mass is 1190 g/mol. The largest absolute Gasteiger partial charge is 0.472 e. The number of unbranched alkanes of at least 4 members (excludes halogenated alkanes) is 37. The third-order valence-electron chi connectivity index (χ3n) is 15.2. The van der Waals surface area contributed by atoms with Crippen LogP contribution in [0.3, 0.4) is 0 Å². The van der Waals surface area contributed by atoms with Crippen LogP contribution in [0, 0.1) is 0 Å². The van der Waals surface area contributed by atoms with Crippen LogP contribution in [0.1, 0.15) is 328 Å². The van der Waals surface area contributed by atoms with Crippen LogP contribution in [-0.2, 0) is 32.7 Å². The van der Waals surface area contributed by atoms with Crippen LogP contribution in [-0.4, -0.2) is 49.3 Å². The predicted octanol–water partition coefficient (Wildman–Crippen LogP) is 23.1. The fourth-order valence-corrected chi connectivity index (χ4v) is 10.8. The minimum Gasteiger partial charge on any atom is -0.462 e. The minimum atomic E-state index is -4.40. The summed E-state index contributed by atoms with van der Waals surface area (Å²) in [5.74, 6) is -0.818. The molecule has 0 bridgehead atoms. The smallest absolute Gasteiger partial charge is 0.462 e. The van der Waals surface area contributed by atoms with Crippen molar-refractivity contribution in [1.29, 1.82) is 0 Å². The van der Waals surface area contributed by atoms with E-state index in [1.807, 2.05) is 0 Å². The lowest BCUT2D eigenvalue weighted by Crippen LogP contribution is -2.29. The first kappa shape index (κ1) is 80.9. The number of phosphoric acid groups is 1. The fourth-order valence-electron chi connectivity index (χ4n) is 10.1. The Balaban J connectivity index is 3.89. The van der Waals surface area contributed by atoms with Gasteiger partial charge in [0.05, 0.1) is 13.2 Å². The minimum absolute atomic E-state index is 0.0515. The summed E-state index contributed by atoms with van der Waals surface area (Å²) in [5, 5.41) is 0. The van der Waals surface area contributed by atoms with Crippen molar-refractivity contribution in [2.45, 2.75) is 335 Å². The molecule has 0 saturated carbocycles. The molecule has 0 radical (unpaired) electrons. The topological polar surface area (TPSA) is 134 Å². The summed E-state index contributed by atoms with van der Waals surface area (Å²) < 4.78 is 33.2. The van der Waals surface area contributed by atoms with Crippen molar-refractivity contribution in [2.75, 3.05) is 26.4 Å². The third kappa shape index (κ3) is 68.0. The van der Waals surface area contributed by atoms with Crippen molar-refractivity contribution >= 4 is 19.8 Å². The Hall–Kier alpha value is -3.07. The predicted molar refractivity (Wildman–Crippen MR) is 362 cm³/mol. The van der Waals surface area contributed by atoms with Gasteiger partial charge in [0.1, 0.15) is 6.61 Å². The van der Waals surface area contributed by atoms with Crippen molar-refractivity contribution in [3.8, 4) is 0 Å². The first-order valence-corrected chi connectivity index (χ1v) is 36.7. The Kier molecular flexibility index (Phi) is 66.5. The number of ether oxygens (including phenoxy) is 2. The highest BCUT2D eigenvalue weighted by Crippen LogP contribution is 2.43. The molecule has 0 fully saturated rings. The van der Waals surface area contributed by atoms with Crippen molar-refractivity contribution < 1.29 is 37.6 Å². The van der Waals surface area contributed by atoms with Gasteiger partial charge in [-0.15, -0.1) is 0 Å². The highest BCUT2D eigenvalue weighted by atomic mass is 31.2. The van der Waals surface area contributed by atoms with Gasteiger partial charge >= 0.3 is 19.8 Å². The Labute approximate surface area is 518 Å². The van der Waals surface area contributed by atoms with Gasteiger partial charge in [0.15, 0.2) is 6.10 Å². The number of hydrogen-bond donors (Lipinski definition) is 2. The van der Waals surface area contributed by atoms with Crippen LogP contribution in [0.25, 0.3) is 0 Å². The maximum atomic E-state index is 12.8. The summed E-state index contributed by atoms with van der Waals surface area (Å²) in [6.07, 6.45) is 93.6. The van der Waals surface area contributed by atoms with Gasteiger partial charge in [-0.2, -0.15) is 0 Å². The molecule has 3 N–H and O–H groups in total. The number of esters is 2. The summed E-state index contributed by atoms with van der Waals surface area (Å²) in [4.78, 5) is 35.4. The number of nitrogens with two attached hydrogens (primary N) is 1. The van der Waals surface area contributed by atoms with Gasteiger partial charge in [-0.05, 0) is 77.0 Å². The Bertz CT molecular complexity index is 1700. The molecule has 0 aliphatic carbocycles. The van der Waals surface area contributed by atoms with Gasteiger partial charge in [-0.3, -0.25) is 18.6 Å². The second-order valence-corrected chi connectivity index (χ2v) is 24.8. The third-order valence-corrected chi connectivity index (χ3v) is 16.2. The molecule has 10 heteroatoms. The molecule has 9 nitrogen and oxygen atoms in total. The Morgan fingerprint density at radius 3 is 0.976 bits per heavy atom. The van der Waals surface area contributed by atoms with E-state index in [2.05, 4.69) is 111 Å². The zero-order valence-corrected chi connectivity index (χ0v) is 55.5. The molecule has 0 aromatic carbocycles. The number of carbonyl (C=O) groups excluding carboxylic acids is 2. The van der Waals surface area contributed by atoms with E-state index in [0.29, 0.717) is 6.42 Å². The van der Waals surface area contributed by atoms with Crippen molar-refractivity contribution in [3.05, 3.63) is 97.2 Å². The Morgan fingerprint density at radius 2 is 0.655 bits per heavy atom. The molecule has 0 rings (SSSR count). The lowest BCUT2D eigenvalue weighted by atomic mass is 10.0. The molecule has 2 unspecified atom stereocenters. The summed E-state index contributed by atoms with van der Waals surface area (Å²) in [5.41, 5.74) is 5.40. The van der Waals surface area contributed by atoms with E-state index in [0.717, 1.165) is 89.9 Å². The molecular weight excluding hydrogens is 1060 g/mol. The quantitative estimate of drug-likeness (QED) is 0.0264. The Morgan fingerprint density at radius 1 is 0.369 bits per heavy atom. The van der Waals surface area contributed by atoms with E-state index in [1.165, 1.54) is 205 Å². The molecule has 2 atom stereocenters. The average Bonchev–Trinajstić information content (AvgIpc) is 3.58. The van der Waals surface area contributed by atoms with Gasteiger partial charge in [0, 0.05) is 19.4 Å². The number of carbonyl (C=O) groups is 2. The number of phosphoric ester groups is 1. The lowest BCUT2D eigenvalue weighted by molar-refractivity contribution is -0.161. The standard InChI is InChI=1S/C74H132NO8P/c1-3-5-7-9-11-13-15-17-19-21-23-25-27-29-31-32-33-34-35-36-37-38-39-40-41-43-45-47-49-51-53-55-57-59-61-63-65-67-74(77)83-72(71-82-84(78,79)81-69-68-75)70-80-73(76)66-64-62-60-58-56-54-52-50-48-46-44-42-30-28-26-24-22-20-18-16-14-12-10-8-6-4-2/h5,7,11,13,17,19,23,25,29,31,33-34,36-37,39-40,72H,3-4,6,8-10,12,14-16,18,20-22,24,26-28,30,32,35,38,41-71,75H2,1-2H3,(H,78,79)/b7-5-,13-11-,19-17-,25-23-,31-29-,34-33-,37-36-,40-39-. The zero-order chi connectivity index (χ0) is 60.9. The fraction of sp³-hybridized carbons (Fsp3) is 0.757.